The number of nitrogens with zero attached hydrogens (tertiary/aromatic N) is 3. The van der Waals surface area contributed by atoms with E-state index in [-0.39, 0.29) is 0 Å². The molecule has 0 saturated carbocycles. The van der Waals surface area contributed by atoms with Crippen LogP contribution in [0.1, 0.15) is 21.6 Å². The van der Waals surface area contributed by atoms with E-state index in [0.29, 0.717) is 0 Å². The van der Waals surface area contributed by atoms with Crippen LogP contribution < -0.4 is 0 Å². The van der Waals surface area contributed by atoms with Crippen LogP contribution in [0.2, 0.25) is 0 Å². The van der Waals surface area contributed by atoms with Crippen LogP contribution in [0.25, 0.3) is 17.2 Å². The topological polar surface area (TPSA) is 47.2 Å². The van der Waals surface area contributed by atoms with Crippen molar-refractivity contribution in [1.29, 1.82) is 0 Å². The highest BCUT2D eigenvalue weighted by Gasteiger charge is 2.38. The van der Waals surface area contributed by atoms with Crippen molar-refractivity contribution >= 4 is 34.1 Å². The van der Waals surface area contributed by atoms with Gasteiger partial charge in [-0.05, 0) is 34.9 Å². The smallest absolute Gasteiger partial charge is 0.274 e. The van der Waals surface area contributed by atoms with Crippen LogP contribution in [0.15, 0.2) is 70.3 Å². The lowest BCUT2D eigenvalue weighted by Crippen LogP contribution is -2.11. The molecule has 1 aromatic heterocycles. The van der Waals surface area contributed by atoms with Gasteiger partial charge in [0.15, 0.2) is 5.69 Å². The summed E-state index contributed by atoms with van der Waals surface area (Å²) >= 11 is 3.40. The Morgan fingerprint density at radius 3 is 2.52 bits per heavy atom. The Morgan fingerprint density at radius 2 is 1.83 bits per heavy atom. The van der Waals surface area contributed by atoms with Crippen molar-refractivity contribution in [1.82, 2.24) is 9.78 Å². The number of amides is 1. The Morgan fingerprint density at radius 1 is 1.14 bits per heavy atom. The number of benzene rings is 2. The van der Waals surface area contributed by atoms with Gasteiger partial charge >= 0.3 is 6.18 Å². The van der Waals surface area contributed by atoms with Gasteiger partial charge in [-0.15, -0.1) is 0 Å². The zero-order chi connectivity index (χ0) is 21.0. The number of halogens is 4. The number of carbonyl (C=O) groups excluding carboxylic acids is 1. The predicted molar refractivity (Wildman–Crippen MR) is 110 cm³/mol. The van der Waals surface area contributed by atoms with Crippen LogP contribution in [0.5, 0.6) is 0 Å². The van der Waals surface area contributed by atoms with E-state index in [9.17, 15) is 18.0 Å². The van der Waals surface area contributed by atoms with Gasteiger partial charge in [-0.2, -0.15) is 18.3 Å². The summed E-state index contributed by atoms with van der Waals surface area (Å²) in [6, 6.07) is 15.4. The maximum atomic E-state index is 13.0. The van der Waals surface area contributed by atoms with Gasteiger partial charge in [-0.1, -0.05) is 58.4 Å². The Hall–Kier alpha value is -3.00. The van der Waals surface area contributed by atoms with Crippen molar-refractivity contribution in [2.45, 2.75) is 6.18 Å². The minimum atomic E-state index is -4.72. The summed E-state index contributed by atoms with van der Waals surface area (Å²) in [7, 11) is 1.31. The third-order valence-corrected chi connectivity index (χ3v) is 4.53. The molecule has 0 aliphatic rings. The molecule has 1 heterocycles. The summed E-state index contributed by atoms with van der Waals surface area (Å²) in [6.07, 6.45) is 0.714. The van der Waals surface area contributed by atoms with Gasteiger partial charge in [0, 0.05) is 23.9 Å². The molecule has 0 saturated heterocycles. The second-order valence-corrected chi connectivity index (χ2v) is 7.02. The molecule has 2 aromatic carbocycles. The summed E-state index contributed by atoms with van der Waals surface area (Å²) in [5, 5.41) is 3.31. The van der Waals surface area contributed by atoms with Crippen LogP contribution in [-0.4, -0.2) is 21.9 Å². The molecule has 0 atom stereocenters. The quantitative estimate of drug-likeness (QED) is 0.461. The van der Waals surface area contributed by atoms with Crippen LogP contribution in [0.4, 0.5) is 13.2 Å². The first-order valence-corrected chi connectivity index (χ1v) is 9.26. The fraction of sp³-hybridized carbons (Fsp3) is 0.0952. The first-order valence-electron chi connectivity index (χ1n) is 8.46. The highest BCUT2D eigenvalue weighted by molar-refractivity contribution is 9.10. The van der Waals surface area contributed by atoms with E-state index in [4.69, 9.17) is 0 Å². The molecule has 0 aliphatic heterocycles. The number of aromatic nitrogens is 2. The van der Waals surface area contributed by atoms with Gasteiger partial charge in [0.25, 0.3) is 5.91 Å². The summed E-state index contributed by atoms with van der Waals surface area (Å²) in [6.45, 7) is 0. The maximum absolute atomic E-state index is 13.0. The first kappa shape index (κ1) is 20.7. The Labute approximate surface area is 173 Å². The summed E-state index contributed by atoms with van der Waals surface area (Å²) < 4.78 is 40.8. The number of carbonyl (C=O) groups is 1. The van der Waals surface area contributed by atoms with Gasteiger partial charge in [-0.3, -0.25) is 9.48 Å². The number of hydrogen-bond donors (Lipinski definition) is 0. The Balaban J connectivity index is 1.80. The third kappa shape index (κ3) is 5.08. The SMILES string of the molecule is Cn1cc(C(=O)N=CC=Cc2ccccc2-c2ccc(Br)cc2)c(C(F)(F)F)n1. The van der Waals surface area contributed by atoms with E-state index in [1.165, 1.54) is 19.3 Å². The van der Waals surface area contributed by atoms with Crippen molar-refractivity contribution < 1.29 is 18.0 Å². The van der Waals surface area contributed by atoms with Crippen molar-refractivity contribution in [3.63, 3.8) is 0 Å². The van der Waals surface area contributed by atoms with Gasteiger partial charge in [0.05, 0.1) is 5.56 Å². The number of hydrogen-bond acceptors (Lipinski definition) is 2. The highest BCUT2D eigenvalue weighted by atomic mass is 79.9. The van der Waals surface area contributed by atoms with Crippen molar-refractivity contribution in [3.8, 4) is 11.1 Å². The zero-order valence-corrected chi connectivity index (χ0v) is 16.8. The molecule has 0 aliphatic carbocycles. The average molecular weight is 462 g/mol. The van der Waals surface area contributed by atoms with E-state index >= 15 is 0 Å². The van der Waals surface area contributed by atoms with Crippen molar-refractivity contribution in [2.75, 3.05) is 0 Å². The van der Waals surface area contributed by atoms with Gasteiger partial charge in [-0.25, -0.2) is 4.99 Å². The highest BCUT2D eigenvalue weighted by Crippen LogP contribution is 2.31. The van der Waals surface area contributed by atoms with Gasteiger partial charge < -0.3 is 0 Å². The van der Waals surface area contributed by atoms with E-state index in [1.807, 2.05) is 48.5 Å². The zero-order valence-electron chi connectivity index (χ0n) is 15.2. The minimum absolute atomic E-state index is 0.583. The Bertz CT molecular complexity index is 1080. The standard InChI is InChI=1S/C21H15BrF3N3O/c1-28-13-18(19(27-28)21(23,24)25)20(29)26-12-4-6-14-5-2-3-7-17(14)15-8-10-16(22)11-9-15/h2-13H,1H3. The molecule has 0 fully saturated rings. The number of aryl methyl sites for hydroxylation is 1. The lowest BCUT2D eigenvalue weighted by molar-refractivity contribution is -0.141. The molecule has 29 heavy (non-hydrogen) atoms. The van der Waals surface area contributed by atoms with Crippen molar-refractivity contribution in [2.24, 2.45) is 12.0 Å². The molecule has 1 amide bonds. The van der Waals surface area contributed by atoms with Crippen molar-refractivity contribution in [3.05, 3.63) is 82.1 Å². The molecule has 8 heteroatoms. The number of allylic oxidation sites excluding steroid dienone is 1. The summed E-state index contributed by atoms with van der Waals surface area (Å²) in [4.78, 5) is 15.7. The monoisotopic (exact) mass is 461 g/mol. The molecule has 0 spiro atoms. The molecule has 0 radical (unpaired) electrons. The second kappa shape index (κ2) is 8.57. The number of aliphatic imine (C=N–C) groups is 1. The van der Waals surface area contributed by atoms with Crippen LogP contribution in [-0.2, 0) is 13.2 Å². The molecule has 0 N–H and O–H groups in total. The second-order valence-electron chi connectivity index (χ2n) is 6.10. The summed E-state index contributed by atoms with van der Waals surface area (Å²) in [5.74, 6) is -1.00. The molecule has 0 bridgehead atoms. The van der Waals surface area contributed by atoms with Gasteiger partial charge in [0.1, 0.15) is 0 Å². The average Bonchev–Trinajstić information content (AvgIpc) is 3.08. The lowest BCUT2D eigenvalue weighted by atomic mass is 9.99. The molecular formula is C21H15BrF3N3O. The predicted octanol–water partition coefficient (Wildman–Crippen LogP) is 5.79. The van der Waals surface area contributed by atoms with Crippen LogP contribution in [0.3, 0.4) is 0 Å². The minimum Gasteiger partial charge on any atom is -0.274 e. The molecule has 0 unspecified atom stereocenters. The van der Waals surface area contributed by atoms with E-state index in [1.54, 1.807) is 6.08 Å². The lowest BCUT2D eigenvalue weighted by Gasteiger charge is -2.06. The number of alkyl halides is 3. The third-order valence-electron chi connectivity index (χ3n) is 4.00. The fourth-order valence-electron chi connectivity index (χ4n) is 2.72. The fourth-order valence-corrected chi connectivity index (χ4v) is 2.98. The molecular weight excluding hydrogens is 447 g/mol. The van der Waals surface area contributed by atoms with Gasteiger partial charge in [0.2, 0.25) is 0 Å². The molecule has 3 aromatic rings. The molecule has 3 rings (SSSR count). The largest absolute Gasteiger partial charge is 0.435 e. The number of rotatable bonds is 4. The molecule has 4 nitrogen and oxygen atoms in total. The molecule has 148 valence electrons. The van der Waals surface area contributed by atoms with Crippen LogP contribution >= 0.6 is 15.9 Å². The van der Waals surface area contributed by atoms with E-state index in [0.717, 1.165) is 32.0 Å². The normalized spacial score (nSPS) is 12.2. The first-order chi connectivity index (χ1) is 13.8. The van der Waals surface area contributed by atoms with E-state index < -0.39 is 23.3 Å². The summed E-state index contributed by atoms with van der Waals surface area (Å²) in [5.41, 5.74) is 1.03. The maximum Gasteiger partial charge on any atom is 0.435 e. The Kier molecular flexibility index (Phi) is 6.12. The van der Waals surface area contributed by atoms with E-state index in [2.05, 4.69) is 26.0 Å². The van der Waals surface area contributed by atoms with Crippen LogP contribution in [0, 0.1) is 0 Å².